The quantitative estimate of drug-likeness (QED) is 0.866. The molecule has 0 unspecified atom stereocenters. The second-order valence-corrected chi connectivity index (χ2v) is 4.84. The van der Waals surface area contributed by atoms with E-state index in [9.17, 15) is 4.79 Å². The molecule has 4 heteroatoms. The maximum atomic E-state index is 11.6. The van der Waals surface area contributed by atoms with Gasteiger partial charge < -0.3 is 9.72 Å². The van der Waals surface area contributed by atoms with E-state index in [0.29, 0.717) is 12.6 Å². The molecule has 1 aromatic heterocycles. The summed E-state index contributed by atoms with van der Waals surface area (Å²) in [5.41, 5.74) is 0.843. The smallest absolute Gasteiger partial charge is 0.252 e. The number of aromatic amines is 1. The first kappa shape index (κ1) is 13.3. The van der Waals surface area contributed by atoms with Gasteiger partial charge >= 0.3 is 0 Å². The molecule has 1 atom stereocenters. The van der Waals surface area contributed by atoms with E-state index in [-0.39, 0.29) is 5.56 Å². The van der Waals surface area contributed by atoms with Crippen LogP contribution < -0.4 is 5.56 Å². The zero-order chi connectivity index (χ0) is 12.8. The van der Waals surface area contributed by atoms with Crippen LogP contribution in [0.5, 0.6) is 0 Å². The van der Waals surface area contributed by atoms with Crippen molar-refractivity contribution in [3.63, 3.8) is 0 Å². The minimum atomic E-state index is 0.0144. The number of likely N-dealkylation sites (N-methyl/N-ethyl adjacent to an activating group) is 1. The number of H-pyrrole nitrogens is 1. The van der Waals surface area contributed by atoms with E-state index in [0.717, 1.165) is 31.7 Å². The van der Waals surface area contributed by atoms with E-state index in [1.807, 2.05) is 12.1 Å². The fourth-order valence-electron chi connectivity index (χ4n) is 2.37. The molecule has 0 spiro atoms. The molecule has 0 amide bonds. The third kappa shape index (κ3) is 3.68. The Morgan fingerprint density at radius 1 is 1.50 bits per heavy atom. The van der Waals surface area contributed by atoms with E-state index in [4.69, 9.17) is 4.74 Å². The fraction of sp³-hybridized carbons (Fsp3) is 0.643. The molecule has 0 saturated carbocycles. The van der Waals surface area contributed by atoms with Crippen molar-refractivity contribution in [3.8, 4) is 0 Å². The molecule has 1 aromatic rings. The zero-order valence-corrected chi connectivity index (χ0v) is 11.0. The molecule has 0 bridgehead atoms. The molecule has 4 nitrogen and oxygen atoms in total. The molecule has 0 radical (unpaired) electrons. The van der Waals surface area contributed by atoms with Crippen molar-refractivity contribution >= 4 is 0 Å². The molecule has 1 fully saturated rings. The first-order valence-corrected chi connectivity index (χ1v) is 6.80. The molecule has 1 N–H and O–H groups in total. The Morgan fingerprint density at radius 2 is 2.39 bits per heavy atom. The summed E-state index contributed by atoms with van der Waals surface area (Å²) in [7, 11) is 0. The molecule has 1 saturated heterocycles. The van der Waals surface area contributed by atoms with Gasteiger partial charge in [0, 0.05) is 31.5 Å². The minimum absolute atomic E-state index is 0.0144. The largest absolute Gasteiger partial charge is 0.377 e. The van der Waals surface area contributed by atoms with Crippen LogP contribution in [-0.4, -0.2) is 35.7 Å². The number of hydrogen-bond acceptors (Lipinski definition) is 3. The van der Waals surface area contributed by atoms with E-state index in [2.05, 4.69) is 16.8 Å². The number of nitrogens with one attached hydrogen (secondary N) is 1. The summed E-state index contributed by atoms with van der Waals surface area (Å²) in [6, 6.07) is 3.77. The lowest BCUT2D eigenvalue weighted by atomic mass is 10.1. The van der Waals surface area contributed by atoms with Crippen LogP contribution in [0.2, 0.25) is 0 Å². The molecule has 0 aliphatic carbocycles. The molecular formula is C14H22N2O2. The topological polar surface area (TPSA) is 45.3 Å². The van der Waals surface area contributed by atoms with E-state index in [1.54, 1.807) is 6.20 Å². The monoisotopic (exact) mass is 250 g/mol. The molecule has 18 heavy (non-hydrogen) atoms. The summed E-state index contributed by atoms with van der Waals surface area (Å²) in [6.45, 7) is 5.57. The second kappa shape index (κ2) is 6.71. The number of ether oxygens (including phenoxy) is 1. The van der Waals surface area contributed by atoms with Gasteiger partial charge in [-0.3, -0.25) is 9.69 Å². The first-order chi connectivity index (χ1) is 8.79. The van der Waals surface area contributed by atoms with Crippen LogP contribution >= 0.6 is 0 Å². The highest BCUT2D eigenvalue weighted by molar-refractivity contribution is 5.08. The number of aromatic nitrogens is 1. The Labute approximate surface area is 108 Å². The Hall–Kier alpha value is -1.13. The molecule has 2 rings (SSSR count). The standard InChI is InChI=1S/C14H22N2O2/c1-2-16(11-13-7-3-4-9-18-13)10-12-6-5-8-15-14(12)17/h5-6,8,13H,2-4,7,9-11H2,1H3,(H,15,17)/t13-/m0/s1. The van der Waals surface area contributed by atoms with Gasteiger partial charge in [0.1, 0.15) is 0 Å². The lowest BCUT2D eigenvalue weighted by molar-refractivity contribution is -0.00629. The van der Waals surface area contributed by atoms with Gasteiger partial charge in [0.15, 0.2) is 0 Å². The maximum Gasteiger partial charge on any atom is 0.252 e. The third-order valence-electron chi connectivity index (χ3n) is 3.48. The number of hydrogen-bond donors (Lipinski definition) is 1. The normalized spacial score (nSPS) is 20.2. The van der Waals surface area contributed by atoms with Crippen molar-refractivity contribution in [1.82, 2.24) is 9.88 Å². The Kier molecular flexibility index (Phi) is 4.96. The van der Waals surface area contributed by atoms with Gasteiger partial charge in [0.05, 0.1) is 6.10 Å². The average molecular weight is 250 g/mol. The van der Waals surface area contributed by atoms with Gasteiger partial charge in [-0.25, -0.2) is 0 Å². The highest BCUT2D eigenvalue weighted by Gasteiger charge is 2.17. The lowest BCUT2D eigenvalue weighted by Crippen LogP contribution is -2.36. The van der Waals surface area contributed by atoms with Crippen molar-refractivity contribution in [3.05, 3.63) is 34.2 Å². The number of rotatable bonds is 5. The SMILES string of the molecule is CCN(Cc1ccc[nH]c1=O)C[C@@H]1CCCCO1. The van der Waals surface area contributed by atoms with Crippen LogP contribution in [0.3, 0.4) is 0 Å². The fourth-order valence-corrected chi connectivity index (χ4v) is 2.37. The van der Waals surface area contributed by atoms with Crippen LogP contribution in [0.4, 0.5) is 0 Å². The van der Waals surface area contributed by atoms with E-state index in [1.165, 1.54) is 12.8 Å². The van der Waals surface area contributed by atoms with Crippen LogP contribution in [0.25, 0.3) is 0 Å². The summed E-state index contributed by atoms with van der Waals surface area (Å²) in [5.74, 6) is 0. The number of nitrogens with zero attached hydrogens (tertiary/aromatic N) is 1. The van der Waals surface area contributed by atoms with Gasteiger partial charge in [-0.15, -0.1) is 0 Å². The van der Waals surface area contributed by atoms with Crippen LogP contribution in [0.1, 0.15) is 31.7 Å². The van der Waals surface area contributed by atoms with Crippen molar-refractivity contribution < 1.29 is 4.74 Å². The zero-order valence-electron chi connectivity index (χ0n) is 11.0. The highest BCUT2D eigenvalue weighted by Crippen LogP contribution is 2.14. The predicted octanol–water partition coefficient (Wildman–Crippen LogP) is 1.77. The molecule has 1 aliphatic rings. The molecular weight excluding hydrogens is 228 g/mol. The summed E-state index contributed by atoms with van der Waals surface area (Å²) < 4.78 is 5.75. The first-order valence-electron chi connectivity index (χ1n) is 6.80. The van der Waals surface area contributed by atoms with Gasteiger partial charge in [0.2, 0.25) is 0 Å². The second-order valence-electron chi connectivity index (χ2n) is 4.84. The summed E-state index contributed by atoms with van der Waals surface area (Å²) >= 11 is 0. The predicted molar refractivity (Wildman–Crippen MR) is 71.6 cm³/mol. The Bertz CT molecular complexity index is 410. The van der Waals surface area contributed by atoms with Gasteiger partial charge in [-0.2, -0.15) is 0 Å². The lowest BCUT2D eigenvalue weighted by Gasteiger charge is -2.29. The van der Waals surface area contributed by atoms with E-state index < -0.39 is 0 Å². The van der Waals surface area contributed by atoms with Crippen molar-refractivity contribution in [2.24, 2.45) is 0 Å². The summed E-state index contributed by atoms with van der Waals surface area (Å²) in [6.07, 6.45) is 5.59. The molecule has 0 aromatic carbocycles. The molecule has 1 aliphatic heterocycles. The summed E-state index contributed by atoms with van der Waals surface area (Å²) in [4.78, 5) is 16.6. The van der Waals surface area contributed by atoms with Crippen molar-refractivity contribution in [1.29, 1.82) is 0 Å². The third-order valence-corrected chi connectivity index (χ3v) is 3.48. The summed E-state index contributed by atoms with van der Waals surface area (Å²) in [5, 5.41) is 0. The van der Waals surface area contributed by atoms with Gasteiger partial charge in [0.25, 0.3) is 5.56 Å². The van der Waals surface area contributed by atoms with Gasteiger partial charge in [-0.1, -0.05) is 13.0 Å². The Morgan fingerprint density at radius 3 is 3.06 bits per heavy atom. The van der Waals surface area contributed by atoms with Crippen molar-refractivity contribution in [2.75, 3.05) is 19.7 Å². The van der Waals surface area contributed by atoms with Crippen molar-refractivity contribution in [2.45, 2.75) is 38.8 Å². The highest BCUT2D eigenvalue weighted by atomic mass is 16.5. The van der Waals surface area contributed by atoms with Crippen LogP contribution in [0.15, 0.2) is 23.1 Å². The van der Waals surface area contributed by atoms with Gasteiger partial charge in [-0.05, 0) is 31.9 Å². The molecule has 2 heterocycles. The molecule has 100 valence electrons. The van der Waals surface area contributed by atoms with Crippen LogP contribution in [0, 0.1) is 0 Å². The van der Waals surface area contributed by atoms with Crippen LogP contribution in [-0.2, 0) is 11.3 Å². The van der Waals surface area contributed by atoms with E-state index >= 15 is 0 Å². The Balaban J connectivity index is 1.92. The minimum Gasteiger partial charge on any atom is -0.377 e. The average Bonchev–Trinajstić information content (AvgIpc) is 2.41. The number of pyridine rings is 1. The maximum absolute atomic E-state index is 11.6.